The number of aromatic carboxylic acids is 1. The average molecular weight is 527 g/mol. The van der Waals surface area contributed by atoms with Crippen molar-refractivity contribution < 1.29 is 19.7 Å². The van der Waals surface area contributed by atoms with Gasteiger partial charge in [-0.1, -0.05) is 49.7 Å². The van der Waals surface area contributed by atoms with Gasteiger partial charge in [0.1, 0.15) is 5.75 Å². The van der Waals surface area contributed by atoms with Crippen LogP contribution >= 0.6 is 0 Å². The Bertz CT molecular complexity index is 1310. The Kier molecular flexibility index (Phi) is 7.41. The zero-order valence-electron chi connectivity index (χ0n) is 23.2. The average Bonchev–Trinajstić information content (AvgIpc) is 2.93. The Morgan fingerprint density at radius 1 is 0.923 bits per heavy atom. The van der Waals surface area contributed by atoms with Crippen LogP contribution in [0.4, 0.5) is 0 Å². The molecule has 1 unspecified atom stereocenters. The summed E-state index contributed by atoms with van der Waals surface area (Å²) in [5.74, 6) is 2.39. The molecule has 7 rings (SSSR count). The minimum atomic E-state index is -0.939. The maximum Gasteiger partial charge on any atom is 0.336 e. The molecular formula is C35H42O4. The van der Waals surface area contributed by atoms with Gasteiger partial charge in [0, 0.05) is 5.56 Å². The molecule has 2 N–H and O–H groups in total. The van der Waals surface area contributed by atoms with Crippen LogP contribution in [0.2, 0.25) is 0 Å². The van der Waals surface area contributed by atoms with Crippen LogP contribution in [0.15, 0.2) is 54.6 Å². The topological polar surface area (TPSA) is 66.8 Å². The summed E-state index contributed by atoms with van der Waals surface area (Å²) >= 11 is 0. The summed E-state index contributed by atoms with van der Waals surface area (Å²) in [7, 11) is 0. The SMILES string of the molecule is CCC(O)CCCCCOc1cccc(C(=O)O)c1-c1ccc2ccc(C34CC5CC(CC(C5)C3)C4)cc2c1. The third kappa shape index (κ3) is 5.33. The highest BCUT2D eigenvalue weighted by atomic mass is 16.5. The van der Waals surface area contributed by atoms with Crippen LogP contribution in [-0.2, 0) is 5.41 Å². The number of carboxylic acid groups (broad SMARTS) is 1. The zero-order chi connectivity index (χ0) is 27.0. The maximum atomic E-state index is 12.3. The standard InChI is InChI=1S/C35H42O4/c1-2-30(36)7-4-3-5-14-39-32-9-6-8-31(34(37)38)33(32)27-11-10-26-12-13-29(19-28(26)18-27)35-20-23-15-24(21-35)17-25(16-23)22-35/h6,8-13,18-19,23-25,30,36H,2-5,7,14-17,20-22H2,1H3,(H,37,38). The molecular weight excluding hydrogens is 484 g/mol. The number of fused-ring (bicyclic) bond motifs is 1. The van der Waals surface area contributed by atoms with Gasteiger partial charge in [-0.3, -0.25) is 0 Å². The van der Waals surface area contributed by atoms with Crippen molar-refractivity contribution in [3.05, 3.63) is 65.7 Å². The normalized spacial score (nSPS) is 26.2. The number of benzene rings is 3. The fraction of sp³-hybridized carbons (Fsp3) is 0.514. The van der Waals surface area contributed by atoms with Crippen LogP contribution in [0.25, 0.3) is 21.9 Å². The fourth-order valence-electron chi connectivity index (χ4n) is 8.37. The Hall–Kier alpha value is -2.85. The molecule has 3 aromatic carbocycles. The number of hydrogen-bond donors (Lipinski definition) is 2. The molecule has 0 aliphatic heterocycles. The lowest BCUT2D eigenvalue weighted by Gasteiger charge is -2.57. The van der Waals surface area contributed by atoms with Gasteiger partial charge in [-0.25, -0.2) is 4.79 Å². The second-order valence-electron chi connectivity index (χ2n) is 12.7. The molecule has 4 saturated carbocycles. The number of unbranched alkanes of at least 4 members (excludes halogenated alkanes) is 2. The summed E-state index contributed by atoms with van der Waals surface area (Å²) in [6, 6.07) is 18.7. The minimum Gasteiger partial charge on any atom is -0.493 e. The number of aliphatic hydroxyl groups is 1. The first-order chi connectivity index (χ1) is 18.9. The van der Waals surface area contributed by atoms with Crippen molar-refractivity contribution in [3.63, 3.8) is 0 Å². The predicted molar refractivity (Wildman–Crippen MR) is 156 cm³/mol. The van der Waals surface area contributed by atoms with Crippen LogP contribution in [0.3, 0.4) is 0 Å². The first-order valence-electron chi connectivity index (χ1n) is 15.2. The van der Waals surface area contributed by atoms with Gasteiger partial charge in [0.25, 0.3) is 0 Å². The van der Waals surface area contributed by atoms with Crippen molar-refractivity contribution in [2.45, 2.75) is 89.1 Å². The van der Waals surface area contributed by atoms with Crippen LogP contribution < -0.4 is 4.74 Å². The third-order valence-corrected chi connectivity index (χ3v) is 9.95. The van der Waals surface area contributed by atoms with E-state index >= 15 is 0 Å². The van der Waals surface area contributed by atoms with E-state index < -0.39 is 5.97 Å². The highest BCUT2D eigenvalue weighted by Crippen LogP contribution is 2.60. The predicted octanol–water partition coefficient (Wildman–Crippen LogP) is 8.38. The van der Waals surface area contributed by atoms with Gasteiger partial charge in [0.2, 0.25) is 0 Å². The first kappa shape index (κ1) is 26.4. The van der Waals surface area contributed by atoms with Gasteiger partial charge in [-0.15, -0.1) is 0 Å². The van der Waals surface area contributed by atoms with Crippen molar-refractivity contribution in [2.75, 3.05) is 6.61 Å². The molecule has 0 amide bonds. The zero-order valence-corrected chi connectivity index (χ0v) is 23.2. The molecule has 4 fully saturated rings. The number of carbonyl (C=O) groups is 1. The van der Waals surface area contributed by atoms with E-state index in [1.54, 1.807) is 12.1 Å². The number of rotatable bonds is 11. The summed E-state index contributed by atoms with van der Waals surface area (Å²) in [6.07, 6.45) is 12.5. The van der Waals surface area contributed by atoms with Crippen molar-refractivity contribution in [1.29, 1.82) is 0 Å². The van der Waals surface area contributed by atoms with Gasteiger partial charge in [-0.2, -0.15) is 0 Å². The molecule has 4 aliphatic rings. The number of ether oxygens (including phenoxy) is 1. The van der Waals surface area contributed by atoms with Gasteiger partial charge in [0.15, 0.2) is 0 Å². The maximum absolute atomic E-state index is 12.3. The minimum absolute atomic E-state index is 0.221. The lowest BCUT2D eigenvalue weighted by Crippen LogP contribution is -2.48. The van der Waals surface area contributed by atoms with E-state index in [-0.39, 0.29) is 11.7 Å². The molecule has 0 aromatic heterocycles. The van der Waals surface area contributed by atoms with Crippen LogP contribution in [0, 0.1) is 17.8 Å². The van der Waals surface area contributed by atoms with E-state index in [1.807, 2.05) is 19.1 Å². The lowest BCUT2D eigenvalue weighted by molar-refractivity contribution is -0.00513. The third-order valence-electron chi connectivity index (χ3n) is 9.95. The summed E-state index contributed by atoms with van der Waals surface area (Å²) in [4.78, 5) is 12.3. The van der Waals surface area contributed by atoms with Crippen molar-refractivity contribution in [1.82, 2.24) is 0 Å². The molecule has 206 valence electrons. The van der Waals surface area contributed by atoms with E-state index in [2.05, 4.69) is 30.3 Å². The smallest absolute Gasteiger partial charge is 0.336 e. The molecule has 39 heavy (non-hydrogen) atoms. The molecule has 4 nitrogen and oxygen atoms in total. The Labute approximate surface area is 232 Å². The molecule has 0 saturated heterocycles. The van der Waals surface area contributed by atoms with E-state index in [0.29, 0.717) is 23.3 Å². The van der Waals surface area contributed by atoms with Crippen molar-refractivity contribution in [2.24, 2.45) is 17.8 Å². The molecule has 0 spiro atoms. The first-order valence-corrected chi connectivity index (χ1v) is 15.2. The summed E-state index contributed by atoms with van der Waals surface area (Å²) in [5, 5.41) is 22.2. The van der Waals surface area contributed by atoms with E-state index in [0.717, 1.165) is 55.4 Å². The highest BCUT2D eigenvalue weighted by Gasteiger charge is 2.51. The Morgan fingerprint density at radius 3 is 2.33 bits per heavy atom. The number of carboxylic acids is 1. The highest BCUT2D eigenvalue weighted by molar-refractivity contribution is 5.99. The lowest BCUT2D eigenvalue weighted by atomic mass is 9.48. The van der Waals surface area contributed by atoms with Gasteiger partial charge < -0.3 is 14.9 Å². The van der Waals surface area contributed by atoms with E-state index in [4.69, 9.17) is 4.74 Å². The van der Waals surface area contributed by atoms with Crippen LogP contribution in [0.1, 0.15) is 93.5 Å². The summed E-state index contributed by atoms with van der Waals surface area (Å²) in [6.45, 7) is 2.53. The second-order valence-corrected chi connectivity index (χ2v) is 12.7. The molecule has 1 atom stereocenters. The molecule has 4 bridgehead atoms. The van der Waals surface area contributed by atoms with Crippen LogP contribution in [0.5, 0.6) is 5.75 Å². The fourth-order valence-corrected chi connectivity index (χ4v) is 8.37. The van der Waals surface area contributed by atoms with Crippen molar-refractivity contribution >= 4 is 16.7 Å². The van der Waals surface area contributed by atoms with Gasteiger partial charge >= 0.3 is 5.97 Å². The molecule has 4 heteroatoms. The van der Waals surface area contributed by atoms with Crippen LogP contribution in [-0.4, -0.2) is 28.9 Å². The molecule has 3 aromatic rings. The Balaban J connectivity index is 1.27. The molecule has 4 aliphatic carbocycles. The van der Waals surface area contributed by atoms with Gasteiger partial charge in [0.05, 0.1) is 18.3 Å². The number of aliphatic hydroxyl groups excluding tert-OH is 1. The van der Waals surface area contributed by atoms with Gasteiger partial charge in [-0.05, 0) is 127 Å². The monoisotopic (exact) mass is 526 g/mol. The van der Waals surface area contributed by atoms with E-state index in [1.165, 1.54) is 54.9 Å². The molecule has 0 radical (unpaired) electrons. The van der Waals surface area contributed by atoms with E-state index in [9.17, 15) is 15.0 Å². The largest absolute Gasteiger partial charge is 0.493 e. The second kappa shape index (κ2) is 11.0. The quantitative estimate of drug-likeness (QED) is 0.246. The number of hydrogen-bond acceptors (Lipinski definition) is 3. The molecule has 0 heterocycles. The Morgan fingerprint density at radius 2 is 1.64 bits per heavy atom. The summed E-state index contributed by atoms with van der Waals surface area (Å²) in [5.41, 5.74) is 3.65. The van der Waals surface area contributed by atoms with Crippen molar-refractivity contribution in [3.8, 4) is 16.9 Å². The summed E-state index contributed by atoms with van der Waals surface area (Å²) < 4.78 is 6.19.